The number of aromatic nitrogens is 1. The maximum absolute atomic E-state index is 13.3. The minimum absolute atomic E-state index is 0.0413. The normalized spacial score (nSPS) is 15.0. The molecule has 0 bridgehead atoms. The van der Waals surface area contributed by atoms with E-state index in [-0.39, 0.29) is 5.91 Å². The average molecular weight is 430 g/mol. The second kappa shape index (κ2) is 9.22. The number of morpholine rings is 1. The monoisotopic (exact) mass is 429 g/mol. The Kier molecular flexibility index (Phi) is 6.45. The standard InChI is InChI=1S/C22H24ClN3O2S/c1-16-4-2-5-19-20(16)24-22(29-19)26(11-3-10-25-12-14-28-15-13-25)21(27)17-6-8-18(23)9-7-17/h2,4-9H,3,10-15H2,1H3. The molecule has 2 heterocycles. The smallest absolute Gasteiger partial charge is 0.260 e. The summed E-state index contributed by atoms with van der Waals surface area (Å²) in [7, 11) is 0. The van der Waals surface area contributed by atoms with Gasteiger partial charge in [-0.05, 0) is 49.2 Å². The molecule has 7 heteroatoms. The number of ether oxygens (including phenoxy) is 1. The molecule has 3 aromatic rings. The van der Waals surface area contributed by atoms with Gasteiger partial charge in [0.2, 0.25) is 0 Å². The first-order valence-electron chi connectivity index (χ1n) is 9.85. The third-order valence-electron chi connectivity index (χ3n) is 5.14. The summed E-state index contributed by atoms with van der Waals surface area (Å²) >= 11 is 7.57. The fraction of sp³-hybridized carbons (Fsp3) is 0.364. The van der Waals surface area contributed by atoms with E-state index in [4.69, 9.17) is 21.3 Å². The Morgan fingerprint density at radius 1 is 1.21 bits per heavy atom. The van der Waals surface area contributed by atoms with E-state index >= 15 is 0 Å². The van der Waals surface area contributed by atoms with Crippen LogP contribution in [0, 0.1) is 6.92 Å². The fourth-order valence-electron chi connectivity index (χ4n) is 3.50. The number of para-hydroxylation sites is 1. The van der Waals surface area contributed by atoms with Crippen LogP contribution in [-0.4, -0.2) is 55.2 Å². The van der Waals surface area contributed by atoms with E-state index in [2.05, 4.69) is 24.0 Å². The molecule has 0 atom stereocenters. The number of anilines is 1. The lowest BCUT2D eigenvalue weighted by atomic mass is 10.2. The van der Waals surface area contributed by atoms with E-state index in [1.807, 2.05) is 11.0 Å². The van der Waals surface area contributed by atoms with Gasteiger partial charge in [0.1, 0.15) is 0 Å². The van der Waals surface area contributed by atoms with Gasteiger partial charge in [0.15, 0.2) is 5.13 Å². The molecule has 1 amide bonds. The Morgan fingerprint density at radius 2 is 1.97 bits per heavy atom. The van der Waals surface area contributed by atoms with E-state index in [0.29, 0.717) is 17.1 Å². The van der Waals surface area contributed by atoms with Crippen molar-refractivity contribution in [2.45, 2.75) is 13.3 Å². The quantitative estimate of drug-likeness (QED) is 0.573. The predicted molar refractivity (Wildman–Crippen MR) is 119 cm³/mol. The van der Waals surface area contributed by atoms with E-state index in [1.165, 1.54) is 0 Å². The number of fused-ring (bicyclic) bond motifs is 1. The number of hydrogen-bond donors (Lipinski definition) is 0. The van der Waals surface area contributed by atoms with Crippen molar-refractivity contribution in [2.24, 2.45) is 0 Å². The van der Waals surface area contributed by atoms with Crippen LogP contribution in [0.2, 0.25) is 5.02 Å². The number of thiazole rings is 1. The summed E-state index contributed by atoms with van der Waals surface area (Å²) < 4.78 is 6.52. The van der Waals surface area contributed by atoms with Crippen molar-refractivity contribution in [1.29, 1.82) is 0 Å². The van der Waals surface area contributed by atoms with Crippen LogP contribution in [0.25, 0.3) is 10.2 Å². The van der Waals surface area contributed by atoms with Gasteiger partial charge in [0.25, 0.3) is 5.91 Å². The van der Waals surface area contributed by atoms with Crippen molar-refractivity contribution in [1.82, 2.24) is 9.88 Å². The largest absolute Gasteiger partial charge is 0.379 e. The summed E-state index contributed by atoms with van der Waals surface area (Å²) in [5.41, 5.74) is 2.71. The molecule has 1 aromatic heterocycles. The second-order valence-electron chi connectivity index (χ2n) is 7.19. The van der Waals surface area contributed by atoms with E-state index < -0.39 is 0 Å². The molecule has 1 fully saturated rings. The van der Waals surface area contributed by atoms with Crippen LogP contribution >= 0.6 is 22.9 Å². The fourth-order valence-corrected chi connectivity index (χ4v) is 4.69. The number of aryl methyl sites for hydroxylation is 1. The number of benzene rings is 2. The number of amides is 1. The highest BCUT2D eigenvalue weighted by atomic mass is 35.5. The average Bonchev–Trinajstić information content (AvgIpc) is 3.17. The Bertz CT molecular complexity index is 983. The van der Waals surface area contributed by atoms with Crippen LogP contribution < -0.4 is 4.90 Å². The Balaban J connectivity index is 1.57. The summed E-state index contributed by atoms with van der Waals surface area (Å²) in [5, 5.41) is 1.37. The molecule has 0 spiro atoms. The molecule has 0 aliphatic carbocycles. The van der Waals surface area contributed by atoms with Crippen molar-refractivity contribution in [3.63, 3.8) is 0 Å². The van der Waals surface area contributed by atoms with Crippen molar-refractivity contribution >= 4 is 44.2 Å². The molecule has 29 heavy (non-hydrogen) atoms. The SMILES string of the molecule is Cc1cccc2sc(N(CCCN3CCOCC3)C(=O)c3ccc(Cl)cc3)nc12. The number of nitrogens with zero attached hydrogens (tertiary/aromatic N) is 3. The molecular weight excluding hydrogens is 406 g/mol. The van der Waals surface area contributed by atoms with Crippen molar-refractivity contribution in [3.05, 3.63) is 58.6 Å². The highest BCUT2D eigenvalue weighted by Crippen LogP contribution is 2.31. The van der Waals surface area contributed by atoms with Crippen molar-refractivity contribution in [2.75, 3.05) is 44.3 Å². The van der Waals surface area contributed by atoms with Gasteiger partial charge in [0, 0.05) is 36.8 Å². The molecule has 0 saturated carbocycles. The maximum Gasteiger partial charge on any atom is 0.260 e. The number of halogens is 1. The lowest BCUT2D eigenvalue weighted by Gasteiger charge is -2.27. The van der Waals surface area contributed by atoms with Gasteiger partial charge < -0.3 is 4.74 Å². The van der Waals surface area contributed by atoms with E-state index in [1.54, 1.807) is 35.6 Å². The van der Waals surface area contributed by atoms with Crippen molar-refractivity contribution < 1.29 is 9.53 Å². The molecule has 1 aliphatic heterocycles. The first-order valence-corrected chi connectivity index (χ1v) is 11.0. The third kappa shape index (κ3) is 4.78. The summed E-state index contributed by atoms with van der Waals surface area (Å²) in [4.78, 5) is 22.3. The van der Waals surface area contributed by atoms with E-state index in [0.717, 1.165) is 60.2 Å². The summed E-state index contributed by atoms with van der Waals surface area (Å²) in [6.45, 7) is 7.08. The zero-order chi connectivity index (χ0) is 20.2. The topological polar surface area (TPSA) is 45.7 Å². The van der Waals surface area contributed by atoms with Gasteiger partial charge in [-0.15, -0.1) is 0 Å². The van der Waals surface area contributed by atoms with Crippen molar-refractivity contribution in [3.8, 4) is 0 Å². The highest BCUT2D eigenvalue weighted by Gasteiger charge is 2.22. The van der Waals surface area contributed by atoms with E-state index in [9.17, 15) is 4.79 Å². The van der Waals surface area contributed by atoms with Crippen LogP contribution in [0.1, 0.15) is 22.3 Å². The highest BCUT2D eigenvalue weighted by molar-refractivity contribution is 7.22. The Morgan fingerprint density at radius 3 is 2.69 bits per heavy atom. The first kappa shape index (κ1) is 20.3. The van der Waals surface area contributed by atoms with Gasteiger partial charge in [0.05, 0.1) is 23.4 Å². The van der Waals surface area contributed by atoms with Crippen LogP contribution in [0.4, 0.5) is 5.13 Å². The molecule has 2 aromatic carbocycles. The minimum Gasteiger partial charge on any atom is -0.379 e. The van der Waals surface area contributed by atoms with Crippen LogP contribution in [-0.2, 0) is 4.74 Å². The third-order valence-corrected chi connectivity index (χ3v) is 6.43. The molecule has 4 rings (SSSR count). The first-order chi connectivity index (χ1) is 14.1. The maximum atomic E-state index is 13.3. The number of carbonyl (C=O) groups excluding carboxylic acids is 1. The molecule has 1 aliphatic rings. The van der Waals surface area contributed by atoms with Gasteiger partial charge in [-0.2, -0.15) is 0 Å². The zero-order valence-corrected chi connectivity index (χ0v) is 18.0. The Labute approximate surface area is 179 Å². The molecule has 1 saturated heterocycles. The van der Waals surface area contributed by atoms with Crippen LogP contribution in [0.15, 0.2) is 42.5 Å². The molecule has 0 N–H and O–H groups in total. The number of hydrogen-bond acceptors (Lipinski definition) is 5. The number of carbonyl (C=O) groups is 1. The van der Waals surface area contributed by atoms with Gasteiger partial charge in [-0.1, -0.05) is 35.1 Å². The van der Waals surface area contributed by atoms with Crippen LogP contribution in [0.3, 0.4) is 0 Å². The predicted octanol–water partition coefficient (Wildman–Crippen LogP) is 4.63. The summed E-state index contributed by atoms with van der Waals surface area (Å²) in [6, 6.07) is 13.2. The van der Waals surface area contributed by atoms with Gasteiger partial charge >= 0.3 is 0 Å². The molecule has 0 radical (unpaired) electrons. The molecule has 0 unspecified atom stereocenters. The number of rotatable bonds is 6. The zero-order valence-electron chi connectivity index (χ0n) is 16.4. The lowest BCUT2D eigenvalue weighted by Crippen LogP contribution is -2.39. The lowest BCUT2D eigenvalue weighted by molar-refractivity contribution is 0.0376. The second-order valence-corrected chi connectivity index (χ2v) is 8.63. The van der Waals surface area contributed by atoms with Crippen LogP contribution in [0.5, 0.6) is 0 Å². The van der Waals surface area contributed by atoms with Gasteiger partial charge in [-0.25, -0.2) is 4.98 Å². The Hall–Kier alpha value is -1.99. The molecular formula is C22H24ClN3O2S. The van der Waals surface area contributed by atoms with Gasteiger partial charge in [-0.3, -0.25) is 14.6 Å². The minimum atomic E-state index is -0.0413. The molecule has 5 nitrogen and oxygen atoms in total. The summed E-state index contributed by atoms with van der Waals surface area (Å²) in [5.74, 6) is -0.0413. The molecule has 152 valence electrons. The summed E-state index contributed by atoms with van der Waals surface area (Å²) in [6.07, 6.45) is 0.883.